The summed E-state index contributed by atoms with van der Waals surface area (Å²) in [4.78, 5) is 10.9. The van der Waals surface area contributed by atoms with Gasteiger partial charge >= 0.3 is 0 Å². The van der Waals surface area contributed by atoms with E-state index in [-0.39, 0.29) is 11.7 Å². The lowest BCUT2D eigenvalue weighted by atomic mass is 10.0. The number of ether oxygens (including phenoxy) is 1. The van der Waals surface area contributed by atoms with Gasteiger partial charge in [0.1, 0.15) is 5.75 Å². The van der Waals surface area contributed by atoms with Gasteiger partial charge in [-0.05, 0) is 40.1 Å². The Morgan fingerprint density at radius 1 is 1.31 bits per heavy atom. The summed E-state index contributed by atoms with van der Waals surface area (Å²) in [5, 5.41) is 1.74. The second kappa shape index (κ2) is 4.54. The summed E-state index contributed by atoms with van der Waals surface area (Å²) < 4.78 is 5.16. The summed E-state index contributed by atoms with van der Waals surface area (Å²) in [6, 6.07) is 11.6. The molecule has 3 heteroatoms. The van der Waals surface area contributed by atoms with E-state index in [2.05, 4.69) is 0 Å². The molecule has 0 aliphatic rings. The van der Waals surface area contributed by atoms with Crippen molar-refractivity contribution >= 4 is 27.6 Å². The van der Waals surface area contributed by atoms with Crippen LogP contribution in [0.2, 0.25) is 0 Å². The lowest BCUT2D eigenvalue weighted by molar-refractivity contribution is -0.111. The van der Waals surface area contributed by atoms with Gasteiger partial charge in [-0.25, -0.2) is 0 Å². The Balaban J connectivity index is 2.59. The van der Waals surface area contributed by atoms with Crippen LogP contribution in [-0.4, -0.2) is 12.4 Å². The number of methoxy groups -OCH3 is 1. The summed E-state index contributed by atoms with van der Waals surface area (Å²) in [6.45, 7) is 0. The third-order valence-electron chi connectivity index (χ3n) is 2.51. The average molecular weight is 235 g/mol. The molecule has 0 spiro atoms. The largest absolute Gasteiger partial charge is 0.497 e. The molecule has 0 radical (unpaired) electrons. The number of halogens is 1. The smallest absolute Gasteiger partial charge is 0.226 e. The van der Waals surface area contributed by atoms with E-state index in [1.165, 1.54) is 0 Å². The number of carbonyl (C=O) groups is 1. The Morgan fingerprint density at radius 2 is 2.12 bits per heavy atom. The highest BCUT2D eigenvalue weighted by Crippen LogP contribution is 2.24. The van der Waals surface area contributed by atoms with Crippen LogP contribution in [0.5, 0.6) is 5.75 Å². The Kier molecular flexibility index (Phi) is 3.11. The van der Waals surface area contributed by atoms with Crippen molar-refractivity contribution in [3.05, 3.63) is 42.0 Å². The zero-order valence-corrected chi connectivity index (χ0v) is 9.62. The molecule has 0 aromatic heterocycles. The van der Waals surface area contributed by atoms with Gasteiger partial charge in [-0.15, -0.1) is 0 Å². The Labute approximate surface area is 98.8 Å². The van der Waals surface area contributed by atoms with Crippen molar-refractivity contribution in [2.24, 2.45) is 0 Å². The zero-order valence-electron chi connectivity index (χ0n) is 8.87. The van der Waals surface area contributed by atoms with Crippen molar-refractivity contribution in [2.45, 2.75) is 6.42 Å². The summed E-state index contributed by atoms with van der Waals surface area (Å²) in [5.74, 6) is 0.780. The van der Waals surface area contributed by atoms with Crippen molar-refractivity contribution in [2.75, 3.05) is 7.11 Å². The topological polar surface area (TPSA) is 26.3 Å². The fraction of sp³-hybridized carbons (Fsp3) is 0.154. The fourth-order valence-electron chi connectivity index (χ4n) is 1.75. The van der Waals surface area contributed by atoms with Crippen molar-refractivity contribution in [3.63, 3.8) is 0 Å². The number of hydrogen-bond donors (Lipinski definition) is 0. The third-order valence-corrected chi connectivity index (χ3v) is 2.64. The van der Waals surface area contributed by atoms with Crippen LogP contribution in [0.3, 0.4) is 0 Å². The highest BCUT2D eigenvalue weighted by Gasteiger charge is 2.05. The maximum atomic E-state index is 10.9. The predicted octanol–water partition coefficient (Wildman–Crippen LogP) is 3.16. The summed E-state index contributed by atoms with van der Waals surface area (Å²) in [7, 11) is 1.62. The summed E-state index contributed by atoms with van der Waals surface area (Å²) in [5.41, 5.74) is 0.927. The molecule has 0 N–H and O–H groups in total. The molecule has 2 nitrogen and oxygen atoms in total. The highest BCUT2D eigenvalue weighted by atomic mass is 35.5. The first kappa shape index (κ1) is 11.0. The average Bonchev–Trinajstić information content (AvgIpc) is 2.28. The maximum Gasteiger partial charge on any atom is 0.226 e. The van der Waals surface area contributed by atoms with Gasteiger partial charge in [0.15, 0.2) is 0 Å². The molecule has 2 aromatic carbocycles. The Morgan fingerprint density at radius 3 is 2.81 bits per heavy atom. The van der Waals surface area contributed by atoms with E-state index >= 15 is 0 Å². The molecule has 0 atom stereocenters. The van der Waals surface area contributed by atoms with Gasteiger partial charge in [0.25, 0.3) is 0 Å². The summed E-state index contributed by atoms with van der Waals surface area (Å²) >= 11 is 5.42. The van der Waals surface area contributed by atoms with Gasteiger partial charge in [-0.3, -0.25) is 4.79 Å². The fourth-order valence-corrected chi connectivity index (χ4v) is 1.89. The first-order valence-electron chi connectivity index (χ1n) is 4.94. The maximum absolute atomic E-state index is 10.9. The van der Waals surface area contributed by atoms with E-state index in [9.17, 15) is 4.79 Å². The highest BCUT2D eigenvalue weighted by molar-refractivity contribution is 6.63. The molecule has 0 amide bonds. The van der Waals surface area contributed by atoms with Crippen LogP contribution in [0.1, 0.15) is 5.56 Å². The molecule has 0 saturated heterocycles. The molecule has 82 valence electrons. The molecule has 2 rings (SSSR count). The number of benzene rings is 2. The quantitative estimate of drug-likeness (QED) is 0.763. The number of hydrogen-bond acceptors (Lipinski definition) is 2. The first-order valence-corrected chi connectivity index (χ1v) is 5.32. The second-order valence-electron chi connectivity index (χ2n) is 3.54. The molecule has 0 aliphatic carbocycles. The van der Waals surface area contributed by atoms with Crippen LogP contribution in [-0.2, 0) is 11.2 Å². The molecule has 2 aromatic rings. The van der Waals surface area contributed by atoms with Crippen molar-refractivity contribution in [1.82, 2.24) is 0 Å². The van der Waals surface area contributed by atoms with Crippen LogP contribution in [0.4, 0.5) is 0 Å². The van der Waals surface area contributed by atoms with E-state index < -0.39 is 0 Å². The van der Waals surface area contributed by atoms with E-state index in [1.54, 1.807) is 7.11 Å². The van der Waals surface area contributed by atoms with Gasteiger partial charge < -0.3 is 4.74 Å². The lowest BCUT2D eigenvalue weighted by Gasteiger charge is -2.06. The molecule has 0 saturated carbocycles. The van der Waals surface area contributed by atoms with E-state index in [4.69, 9.17) is 16.3 Å². The minimum Gasteiger partial charge on any atom is -0.497 e. The van der Waals surface area contributed by atoms with Gasteiger partial charge in [0.2, 0.25) is 5.24 Å². The first-order chi connectivity index (χ1) is 7.70. The standard InChI is InChI=1S/C13H11ClO2/c1-16-11-6-5-9-3-2-4-10(7-13(14)15)12(9)8-11/h2-6,8H,7H2,1H3. The van der Waals surface area contributed by atoms with Crippen LogP contribution >= 0.6 is 11.6 Å². The normalized spacial score (nSPS) is 10.4. The molecule has 0 heterocycles. The summed E-state index contributed by atoms with van der Waals surface area (Å²) in [6.07, 6.45) is 0.242. The minimum atomic E-state index is -0.352. The van der Waals surface area contributed by atoms with Crippen molar-refractivity contribution in [3.8, 4) is 5.75 Å². The van der Waals surface area contributed by atoms with Gasteiger partial charge in [-0.2, -0.15) is 0 Å². The van der Waals surface area contributed by atoms with Gasteiger partial charge in [0.05, 0.1) is 7.11 Å². The third kappa shape index (κ3) is 2.17. The van der Waals surface area contributed by atoms with Crippen molar-refractivity contribution in [1.29, 1.82) is 0 Å². The number of rotatable bonds is 3. The monoisotopic (exact) mass is 234 g/mol. The number of fused-ring (bicyclic) bond motifs is 1. The molecule has 0 fully saturated rings. The van der Waals surface area contributed by atoms with Crippen LogP contribution in [0.25, 0.3) is 10.8 Å². The zero-order chi connectivity index (χ0) is 11.5. The Hall–Kier alpha value is -1.54. The molecule has 0 bridgehead atoms. The van der Waals surface area contributed by atoms with Crippen molar-refractivity contribution < 1.29 is 9.53 Å². The SMILES string of the molecule is COc1ccc2cccc(CC(=O)Cl)c2c1. The Bertz CT molecular complexity index is 534. The minimum absolute atomic E-state index is 0.242. The molecule has 0 aliphatic heterocycles. The van der Waals surface area contributed by atoms with Crippen LogP contribution < -0.4 is 4.74 Å². The molecular weight excluding hydrogens is 224 g/mol. The molecule has 16 heavy (non-hydrogen) atoms. The number of carbonyl (C=O) groups excluding carboxylic acids is 1. The second-order valence-corrected chi connectivity index (χ2v) is 3.96. The predicted molar refractivity (Wildman–Crippen MR) is 65.1 cm³/mol. The van der Waals surface area contributed by atoms with E-state index in [1.807, 2.05) is 36.4 Å². The van der Waals surface area contributed by atoms with Gasteiger partial charge in [-0.1, -0.05) is 24.3 Å². The van der Waals surface area contributed by atoms with Crippen LogP contribution in [0, 0.1) is 0 Å². The molecule has 0 unspecified atom stereocenters. The lowest BCUT2D eigenvalue weighted by Crippen LogP contribution is -1.94. The van der Waals surface area contributed by atoms with E-state index in [0.717, 1.165) is 22.1 Å². The van der Waals surface area contributed by atoms with Gasteiger partial charge in [0, 0.05) is 6.42 Å². The van der Waals surface area contributed by atoms with Crippen LogP contribution in [0.15, 0.2) is 36.4 Å². The van der Waals surface area contributed by atoms with E-state index in [0.29, 0.717) is 0 Å². The molecular formula is C13H11ClO2.